The monoisotopic (exact) mass is 476 g/mol. The molecule has 0 unspecified atom stereocenters. The molecule has 1 aliphatic carbocycles. The van der Waals surface area contributed by atoms with Crippen LogP contribution in [-0.2, 0) is 14.8 Å². The van der Waals surface area contributed by atoms with E-state index in [1.54, 1.807) is 7.05 Å². The Kier molecular flexibility index (Phi) is 13.1. The molecule has 0 atom stereocenters. The van der Waals surface area contributed by atoms with Gasteiger partial charge in [0.1, 0.15) is 0 Å². The van der Waals surface area contributed by atoms with Gasteiger partial charge in [-0.15, -0.1) is 24.0 Å². The fourth-order valence-corrected chi connectivity index (χ4v) is 3.59. The average Bonchev–Trinajstić information content (AvgIpc) is 3.33. The van der Waals surface area contributed by atoms with Crippen molar-refractivity contribution in [2.24, 2.45) is 10.9 Å². The van der Waals surface area contributed by atoms with Crippen LogP contribution in [0, 0.1) is 5.92 Å². The number of nitrogens with one attached hydrogen (secondary N) is 2. The number of rotatable bonds is 12. The lowest BCUT2D eigenvalue weighted by Gasteiger charge is -2.19. The molecule has 1 fully saturated rings. The van der Waals surface area contributed by atoms with E-state index in [2.05, 4.69) is 15.6 Å². The second-order valence-electron chi connectivity index (χ2n) is 5.70. The minimum absolute atomic E-state index is 0. The van der Waals surface area contributed by atoms with Gasteiger partial charge < -0.3 is 15.4 Å². The molecule has 0 bridgehead atoms. The second kappa shape index (κ2) is 13.1. The summed E-state index contributed by atoms with van der Waals surface area (Å²) >= 11 is 0. The Hall–Kier alpha value is -0.130. The highest BCUT2D eigenvalue weighted by Crippen LogP contribution is 2.28. The maximum atomic E-state index is 12.1. The minimum Gasteiger partial charge on any atom is -0.381 e. The Balaban J connectivity index is 0.00000529. The summed E-state index contributed by atoms with van der Waals surface area (Å²) in [6.45, 7) is 7.44. The van der Waals surface area contributed by atoms with Crippen LogP contribution in [0.3, 0.4) is 0 Å². The summed E-state index contributed by atoms with van der Waals surface area (Å²) in [6, 6.07) is 0. The van der Waals surface area contributed by atoms with Gasteiger partial charge in [0, 0.05) is 46.4 Å². The van der Waals surface area contributed by atoms with Crippen molar-refractivity contribution in [1.82, 2.24) is 14.9 Å². The topological polar surface area (TPSA) is 83.0 Å². The summed E-state index contributed by atoms with van der Waals surface area (Å²) in [6.07, 6.45) is 3.53. The van der Waals surface area contributed by atoms with E-state index in [0.717, 1.165) is 32.1 Å². The fourth-order valence-electron chi connectivity index (χ4n) is 2.18. The van der Waals surface area contributed by atoms with Gasteiger partial charge in [-0.2, -0.15) is 0 Å². The predicted molar refractivity (Wildman–Crippen MR) is 110 cm³/mol. The molecular formula is C15H33IN4O3S. The Morgan fingerprint density at radius 3 is 2.38 bits per heavy atom. The number of nitrogens with zero attached hydrogens (tertiary/aromatic N) is 2. The highest BCUT2D eigenvalue weighted by Gasteiger charge is 2.21. The number of guanidine groups is 1. The summed E-state index contributed by atoms with van der Waals surface area (Å²) in [5.41, 5.74) is 0. The van der Waals surface area contributed by atoms with Gasteiger partial charge in [0.25, 0.3) is 0 Å². The van der Waals surface area contributed by atoms with Gasteiger partial charge in [-0.3, -0.25) is 4.99 Å². The SMILES string of the molecule is CCN(CC)S(=O)(=O)CCNC(=NC)NCCCOCC1CC1.I. The molecule has 0 spiro atoms. The van der Waals surface area contributed by atoms with Gasteiger partial charge in [0.05, 0.1) is 5.75 Å². The smallest absolute Gasteiger partial charge is 0.215 e. The van der Waals surface area contributed by atoms with Crippen LogP contribution in [0.1, 0.15) is 33.1 Å². The highest BCUT2D eigenvalue weighted by atomic mass is 127. The molecule has 1 saturated carbocycles. The van der Waals surface area contributed by atoms with Crippen LogP contribution < -0.4 is 10.6 Å². The predicted octanol–water partition coefficient (Wildman–Crippen LogP) is 1.26. The van der Waals surface area contributed by atoms with E-state index in [-0.39, 0.29) is 29.7 Å². The van der Waals surface area contributed by atoms with Crippen molar-refractivity contribution in [3.05, 3.63) is 0 Å². The number of ether oxygens (including phenoxy) is 1. The average molecular weight is 476 g/mol. The summed E-state index contributed by atoms with van der Waals surface area (Å²) < 4.78 is 31.2. The Labute approximate surface area is 164 Å². The maximum Gasteiger partial charge on any atom is 0.215 e. The summed E-state index contributed by atoms with van der Waals surface area (Å²) in [4.78, 5) is 4.09. The van der Waals surface area contributed by atoms with Crippen molar-refractivity contribution in [2.75, 3.05) is 52.2 Å². The largest absolute Gasteiger partial charge is 0.381 e. The molecule has 0 radical (unpaired) electrons. The molecule has 2 N–H and O–H groups in total. The summed E-state index contributed by atoms with van der Waals surface area (Å²) in [7, 11) is -1.51. The molecule has 0 heterocycles. The number of hydrogen-bond acceptors (Lipinski definition) is 4. The third-order valence-corrected chi connectivity index (χ3v) is 5.81. The first-order chi connectivity index (χ1) is 11.0. The molecule has 0 aromatic rings. The quantitative estimate of drug-likeness (QED) is 0.192. The fraction of sp³-hybridized carbons (Fsp3) is 0.933. The van der Waals surface area contributed by atoms with E-state index in [0.29, 0.717) is 25.6 Å². The van der Waals surface area contributed by atoms with Crippen LogP contribution in [0.2, 0.25) is 0 Å². The number of sulfonamides is 1. The molecule has 1 rings (SSSR count). The first-order valence-electron chi connectivity index (χ1n) is 8.53. The number of aliphatic imine (C=N–C) groups is 1. The van der Waals surface area contributed by atoms with Gasteiger partial charge in [-0.1, -0.05) is 13.8 Å². The molecule has 0 aromatic carbocycles. The van der Waals surface area contributed by atoms with Crippen LogP contribution in [-0.4, -0.2) is 70.9 Å². The first kappa shape index (κ1) is 23.9. The zero-order valence-corrected chi connectivity index (χ0v) is 18.2. The van der Waals surface area contributed by atoms with E-state index in [1.807, 2.05) is 13.8 Å². The Morgan fingerprint density at radius 1 is 1.21 bits per heavy atom. The van der Waals surface area contributed by atoms with E-state index < -0.39 is 10.0 Å². The standard InChI is InChI=1S/C15H32N4O3S.HI/c1-4-19(5-2)23(20,21)12-10-18-15(16-3)17-9-6-11-22-13-14-7-8-14;/h14H,4-13H2,1-3H3,(H2,16,17,18);1H. The van der Waals surface area contributed by atoms with Crippen molar-refractivity contribution in [3.63, 3.8) is 0 Å². The molecular weight excluding hydrogens is 443 g/mol. The van der Waals surface area contributed by atoms with E-state index in [4.69, 9.17) is 4.74 Å². The summed E-state index contributed by atoms with van der Waals surface area (Å²) in [5.74, 6) is 1.49. The van der Waals surface area contributed by atoms with Gasteiger partial charge in [-0.05, 0) is 25.2 Å². The molecule has 7 nitrogen and oxygen atoms in total. The lowest BCUT2D eigenvalue weighted by Crippen LogP contribution is -2.42. The van der Waals surface area contributed by atoms with Crippen molar-refractivity contribution >= 4 is 40.0 Å². The lowest BCUT2D eigenvalue weighted by atomic mass is 10.4. The van der Waals surface area contributed by atoms with Crippen LogP contribution in [0.4, 0.5) is 0 Å². The van der Waals surface area contributed by atoms with Crippen molar-refractivity contribution < 1.29 is 13.2 Å². The Morgan fingerprint density at radius 2 is 1.83 bits per heavy atom. The zero-order valence-electron chi connectivity index (χ0n) is 15.1. The maximum absolute atomic E-state index is 12.1. The molecule has 0 saturated heterocycles. The van der Waals surface area contributed by atoms with E-state index in [1.165, 1.54) is 17.1 Å². The van der Waals surface area contributed by atoms with Gasteiger partial charge in [-0.25, -0.2) is 12.7 Å². The van der Waals surface area contributed by atoms with Crippen molar-refractivity contribution in [1.29, 1.82) is 0 Å². The first-order valence-corrected chi connectivity index (χ1v) is 10.1. The highest BCUT2D eigenvalue weighted by molar-refractivity contribution is 14.0. The van der Waals surface area contributed by atoms with Gasteiger partial charge in [0.15, 0.2) is 5.96 Å². The molecule has 1 aliphatic rings. The zero-order chi connectivity index (χ0) is 17.1. The summed E-state index contributed by atoms with van der Waals surface area (Å²) in [5, 5.41) is 6.21. The molecule has 0 amide bonds. The third kappa shape index (κ3) is 10.00. The van der Waals surface area contributed by atoms with Crippen LogP contribution in [0.25, 0.3) is 0 Å². The van der Waals surface area contributed by atoms with Crippen molar-refractivity contribution in [3.8, 4) is 0 Å². The van der Waals surface area contributed by atoms with Crippen LogP contribution in [0.5, 0.6) is 0 Å². The Bertz CT molecular complexity index is 452. The lowest BCUT2D eigenvalue weighted by molar-refractivity contribution is 0.123. The minimum atomic E-state index is -3.19. The molecule has 9 heteroatoms. The normalized spacial score (nSPS) is 15.2. The molecule has 0 aromatic heterocycles. The molecule has 144 valence electrons. The van der Waals surface area contributed by atoms with E-state index >= 15 is 0 Å². The van der Waals surface area contributed by atoms with Crippen LogP contribution >= 0.6 is 24.0 Å². The van der Waals surface area contributed by atoms with Crippen LogP contribution in [0.15, 0.2) is 4.99 Å². The molecule has 24 heavy (non-hydrogen) atoms. The van der Waals surface area contributed by atoms with Crippen molar-refractivity contribution in [2.45, 2.75) is 33.1 Å². The number of halogens is 1. The number of hydrogen-bond donors (Lipinski definition) is 2. The third-order valence-electron chi connectivity index (χ3n) is 3.78. The molecule has 0 aliphatic heterocycles. The van der Waals surface area contributed by atoms with Gasteiger partial charge >= 0.3 is 0 Å². The second-order valence-corrected chi connectivity index (χ2v) is 7.79. The van der Waals surface area contributed by atoms with Gasteiger partial charge in [0.2, 0.25) is 10.0 Å². The van der Waals surface area contributed by atoms with E-state index in [9.17, 15) is 8.42 Å².